The van der Waals surface area contributed by atoms with Gasteiger partial charge in [-0.2, -0.15) is 0 Å². The molecule has 1 aliphatic carbocycles. The molecule has 1 aromatic carbocycles. The van der Waals surface area contributed by atoms with E-state index < -0.39 is 0 Å². The summed E-state index contributed by atoms with van der Waals surface area (Å²) in [6.45, 7) is 4.99. The maximum absolute atomic E-state index is 6.65. The topological polar surface area (TPSA) is 78.1 Å². The summed E-state index contributed by atoms with van der Waals surface area (Å²) < 4.78 is 0. The average Bonchev–Trinajstić information content (AvgIpc) is 2.33. The second-order valence-corrected chi connectivity index (χ2v) is 6.98. The molecule has 0 unspecified atom stereocenters. The van der Waals surface area contributed by atoms with Crippen LogP contribution in [0.2, 0.25) is 5.02 Å². The van der Waals surface area contributed by atoms with Crippen LogP contribution < -0.4 is 17.2 Å². The van der Waals surface area contributed by atoms with E-state index in [4.69, 9.17) is 28.8 Å². The molecule has 0 radical (unpaired) electrons. The first-order valence-electron chi connectivity index (χ1n) is 6.85. The van der Waals surface area contributed by atoms with Gasteiger partial charge in [-0.3, -0.25) is 0 Å². The van der Waals surface area contributed by atoms with Crippen LogP contribution in [-0.2, 0) is 12.1 Å². The Hall–Kier alpha value is -0.770. The fraction of sp³-hybridized carbons (Fsp3) is 0.600. The molecular weight excluding hydrogens is 258 g/mol. The van der Waals surface area contributed by atoms with Crippen molar-refractivity contribution in [1.82, 2.24) is 0 Å². The van der Waals surface area contributed by atoms with Crippen molar-refractivity contribution >= 4 is 17.3 Å². The third-order valence-corrected chi connectivity index (χ3v) is 4.70. The molecule has 106 valence electrons. The first kappa shape index (κ1) is 14.6. The minimum absolute atomic E-state index is 0.344. The van der Waals surface area contributed by atoms with Crippen molar-refractivity contribution in [3.8, 4) is 0 Å². The Morgan fingerprint density at radius 1 is 1.16 bits per heavy atom. The molecule has 0 aromatic heterocycles. The molecule has 1 aliphatic rings. The minimum atomic E-state index is -0.344. The van der Waals surface area contributed by atoms with Gasteiger partial charge in [0.2, 0.25) is 0 Å². The maximum atomic E-state index is 6.65. The molecule has 19 heavy (non-hydrogen) atoms. The van der Waals surface area contributed by atoms with Crippen molar-refractivity contribution in [3.63, 3.8) is 0 Å². The molecule has 0 spiro atoms. The lowest BCUT2D eigenvalue weighted by molar-refractivity contribution is 0.165. The molecule has 4 heteroatoms. The second-order valence-electron chi connectivity index (χ2n) is 6.55. The molecule has 1 saturated carbocycles. The van der Waals surface area contributed by atoms with Crippen molar-refractivity contribution < 1.29 is 0 Å². The first-order valence-corrected chi connectivity index (χ1v) is 7.23. The van der Waals surface area contributed by atoms with Gasteiger partial charge in [-0.15, -0.1) is 0 Å². The lowest BCUT2D eigenvalue weighted by Crippen LogP contribution is -2.43. The number of nitrogens with two attached hydrogens (primary N) is 3. The highest BCUT2D eigenvalue weighted by Gasteiger charge is 2.38. The van der Waals surface area contributed by atoms with Crippen LogP contribution in [-0.4, -0.2) is 0 Å². The van der Waals surface area contributed by atoms with E-state index in [1.165, 1.54) is 0 Å². The second kappa shape index (κ2) is 4.97. The molecule has 0 heterocycles. The summed E-state index contributed by atoms with van der Waals surface area (Å²) in [5, 5.41) is 0.638. The van der Waals surface area contributed by atoms with E-state index in [9.17, 15) is 0 Å². The molecule has 6 N–H and O–H groups in total. The van der Waals surface area contributed by atoms with E-state index in [1.807, 2.05) is 6.07 Å². The summed E-state index contributed by atoms with van der Waals surface area (Å²) in [6, 6.07) is 3.70. The third-order valence-electron chi connectivity index (χ3n) is 4.49. The van der Waals surface area contributed by atoms with Crippen molar-refractivity contribution in [2.24, 2.45) is 16.9 Å². The Kier molecular flexibility index (Phi) is 3.83. The van der Waals surface area contributed by atoms with Gasteiger partial charge in [0.25, 0.3) is 0 Å². The van der Waals surface area contributed by atoms with Crippen molar-refractivity contribution in [1.29, 1.82) is 0 Å². The van der Waals surface area contributed by atoms with E-state index >= 15 is 0 Å². The van der Waals surface area contributed by atoms with E-state index in [2.05, 4.69) is 13.8 Å². The van der Waals surface area contributed by atoms with Crippen LogP contribution in [0.3, 0.4) is 0 Å². The molecule has 0 saturated heterocycles. The summed E-state index contributed by atoms with van der Waals surface area (Å²) in [5.74, 6) is 0. The Labute approximate surface area is 120 Å². The van der Waals surface area contributed by atoms with Crippen LogP contribution in [0.4, 0.5) is 5.69 Å². The monoisotopic (exact) mass is 281 g/mol. The van der Waals surface area contributed by atoms with E-state index in [1.54, 1.807) is 6.07 Å². The predicted molar refractivity (Wildman–Crippen MR) is 81.9 cm³/mol. The minimum Gasteiger partial charge on any atom is -0.398 e. The molecule has 1 fully saturated rings. The van der Waals surface area contributed by atoms with Gasteiger partial charge in [-0.1, -0.05) is 25.4 Å². The Bertz CT molecular complexity index is 473. The Morgan fingerprint density at radius 3 is 2.26 bits per heavy atom. The van der Waals surface area contributed by atoms with Crippen LogP contribution in [0, 0.1) is 5.41 Å². The summed E-state index contributed by atoms with van der Waals surface area (Å²) in [6.07, 6.45) is 4.12. The number of benzene rings is 1. The summed E-state index contributed by atoms with van der Waals surface area (Å²) >= 11 is 6.14. The lowest BCUT2D eigenvalue weighted by atomic mass is 9.66. The summed E-state index contributed by atoms with van der Waals surface area (Å²) in [4.78, 5) is 0. The molecule has 1 aromatic rings. The fourth-order valence-corrected chi connectivity index (χ4v) is 3.20. The van der Waals surface area contributed by atoms with Crippen LogP contribution in [0.25, 0.3) is 0 Å². The Balaban J connectivity index is 2.41. The molecule has 0 bridgehead atoms. The highest BCUT2D eigenvalue weighted by atomic mass is 35.5. The van der Waals surface area contributed by atoms with Gasteiger partial charge >= 0.3 is 0 Å². The highest BCUT2D eigenvalue weighted by Crippen LogP contribution is 2.45. The molecule has 0 aliphatic heterocycles. The number of nitrogen functional groups attached to an aromatic ring is 1. The van der Waals surface area contributed by atoms with E-state index in [-0.39, 0.29) is 5.54 Å². The van der Waals surface area contributed by atoms with Crippen molar-refractivity contribution in [2.75, 3.05) is 5.73 Å². The zero-order valence-electron chi connectivity index (χ0n) is 11.8. The quantitative estimate of drug-likeness (QED) is 0.729. The number of hydrogen-bond donors (Lipinski definition) is 3. The molecule has 2 rings (SSSR count). The van der Waals surface area contributed by atoms with Crippen LogP contribution in [0.1, 0.15) is 50.7 Å². The molecular formula is C15H24ClN3. The van der Waals surface area contributed by atoms with E-state index in [0.717, 1.165) is 36.8 Å². The van der Waals surface area contributed by atoms with Crippen LogP contribution >= 0.6 is 11.6 Å². The van der Waals surface area contributed by atoms with Gasteiger partial charge in [0, 0.05) is 22.8 Å². The lowest BCUT2D eigenvalue weighted by Gasteiger charge is -2.42. The molecule has 0 amide bonds. The number of hydrogen-bond acceptors (Lipinski definition) is 3. The zero-order chi connectivity index (χ0) is 14.3. The predicted octanol–water partition coefficient (Wildman–Crippen LogP) is 3.14. The average molecular weight is 282 g/mol. The summed E-state index contributed by atoms with van der Waals surface area (Å²) in [5.41, 5.74) is 21.2. The van der Waals surface area contributed by atoms with Crippen LogP contribution in [0.5, 0.6) is 0 Å². The first-order chi connectivity index (χ1) is 8.77. The normalized spacial score (nSPS) is 21.3. The molecule has 0 atom stereocenters. The summed E-state index contributed by atoms with van der Waals surface area (Å²) in [7, 11) is 0. The van der Waals surface area contributed by atoms with Gasteiger partial charge in [0.15, 0.2) is 0 Å². The number of anilines is 1. The third kappa shape index (κ3) is 2.88. The van der Waals surface area contributed by atoms with Crippen molar-refractivity contribution in [2.45, 2.75) is 51.6 Å². The smallest absolute Gasteiger partial charge is 0.0430 e. The number of halogens is 1. The van der Waals surface area contributed by atoms with E-state index in [0.29, 0.717) is 22.7 Å². The van der Waals surface area contributed by atoms with Gasteiger partial charge in [-0.05, 0) is 54.4 Å². The van der Waals surface area contributed by atoms with Crippen LogP contribution in [0.15, 0.2) is 12.1 Å². The standard InChI is InChI=1S/C15H24ClN3/c1-14(2)3-5-15(19,6-4-14)12-7-10(16)8-13(18)11(12)9-17/h7-8H,3-6,9,17-19H2,1-2H3. The molecule has 3 nitrogen and oxygen atoms in total. The largest absolute Gasteiger partial charge is 0.398 e. The Morgan fingerprint density at radius 2 is 1.74 bits per heavy atom. The van der Waals surface area contributed by atoms with Gasteiger partial charge in [0.1, 0.15) is 0 Å². The zero-order valence-corrected chi connectivity index (χ0v) is 12.6. The fourth-order valence-electron chi connectivity index (χ4n) is 2.97. The van der Waals surface area contributed by atoms with Gasteiger partial charge in [0.05, 0.1) is 0 Å². The van der Waals surface area contributed by atoms with Gasteiger partial charge in [-0.25, -0.2) is 0 Å². The van der Waals surface area contributed by atoms with Crippen molar-refractivity contribution in [3.05, 3.63) is 28.3 Å². The highest BCUT2D eigenvalue weighted by molar-refractivity contribution is 6.31. The number of rotatable bonds is 2. The maximum Gasteiger partial charge on any atom is 0.0430 e. The van der Waals surface area contributed by atoms with Gasteiger partial charge < -0.3 is 17.2 Å². The SMILES string of the molecule is CC1(C)CCC(N)(c2cc(Cl)cc(N)c2CN)CC1.